The van der Waals surface area contributed by atoms with Gasteiger partial charge in [-0.25, -0.2) is 5.48 Å². The van der Waals surface area contributed by atoms with Crippen molar-refractivity contribution in [2.24, 2.45) is 11.8 Å². The van der Waals surface area contributed by atoms with E-state index in [-0.39, 0.29) is 5.91 Å². The highest BCUT2D eigenvalue weighted by Gasteiger charge is 2.16. The van der Waals surface area contributed by atoms with E-state index in [1.54, 1.807) is 0 Å². The number of nitrogens with one attached hydrogen (secondary N) is 1. The van der Waals surface area contributed by atoms with Gasteiger partial charge in [0.1, 0.15) is 5.92 Å². The van der Waals surface area contributed by atoms with Gasteiger partial charge in [-0.15, -0.1) is 0 Å². The average molecular weight is 198 g/mol. The number of rotatable bonds is 6. The minimum atomic E-state index is -0.591. The number of nitriles is 1. The molecule has 1 N–H and O–H groups in total. The summed E-state index contributed by atoms with van der Waals surface area (Å²) in [5, 5.41) is 8.67. The highest BCUT2D eigenvalue weighted by molar-refractivity contribution is 5.79. The van der Waals surface area contributed by atoms with Crippen LogP contribution < -0.4 is 5.48 Å². The molecule has 0 radical (unpaired) electrons. The van der Waals surface area contributed by atoms with E-state index in [1.165, 1.54) is 0 Å². The van der Waals surface area contributed by atoms with Crippen LogP contribution in [0.3, 0.4) is 0 Å². The first-order valence-corrected chi connectivity index (χ1v) is 4.93. The van der Waals surface area contributed by atoms with Crippen molar-refractivity contribution >= 4 is 5.91 Å². The van der Waals surface area contributed by atoms with Gasteiger partial charge in [-0.1, -0.05) is 27.2 Å². The molecule has 4 nitrogen and oxygen atoms in total. The molecule has 1 atom stereocenters. The predicted molar refractivity (Wildman–Crippen MR) is 52.9 cm³/mol. The third kappa shape index (κ3) is 5.55. The van der Waals surface area contributed by atoms with Gasteiger partial charge < -0.3 is 0 Å². The Labute approximate surface area is 85.2 Å². The van der Waals surface area contributed by atoms with Crippen molar-refractivity contribution in [1.82, 2.24) is 5.48 Å². The summed E-state index contributed by atoms with van der Waals surface area (Å²) in [5.74, 6) is -0.566. The third-order valence-corrected chi connectivity index (χ3v) is 1.64. The first-order valence-electron chi connectivity index (χ1n) is 4.93. The topological polar surface area (TPSA) is 62.1 Å². The van der Waals surface area contributed by atoms with E-state index in [2.05, 4.69) is 5.48 Å². The summed E-state index contributed by atoms with van der Waals surface area (Å²) in [4.78, 5) is 16.2. The molecule has 0 bridgehead atoms. The Bertz CT molecular complexity index is 209. The molecule has 0 rings (SSSR count). The molecular formula is C10H18N2O2. The maximum absolute atomic E-state index is 11.3. The van der Waals surface area contributed by atoms with Crippen molar-refractivity contribution in [3.05, 3.63) is 0 Å². The van der Waals surface area contributed by atoms with Gasteiger partial charge >= 0.3 is 0 Å². The predicted octanol–water partition coefficient (Wildman–Crippen LogP) is 1.63. The van der Waals surface area contributed by atoms with Crippen LogP contribution in [0.1, 0.15) is 33.6 Å². The van der Waals surface area contributed by atoms with Crippen LogP contribution in [-0.2, 0) is 9.63 Å². The van der Waals surface area contributed by atoms with E-state index in [0.717, 1.165) is 6.42 Å². The summed E-state index contributed by atoms with van der Waals surface area (Å²) in [7, 11) is 0. The number of amides is 1. The number of carbonyl (C=O) groups is 1. The Balaban J connectivity index is 3.77. The zero-order chi connectivity index (χ0) is 11.0. The van der Waals surface area contributed by atoms with Crippen molar-refractivity contribution in [3.8, 4) is 6.07 Å². The lowest BCUT2D eigenvalue weighted by atomic mass is 10.1. The summed E-state index contributed by atoms with van der Waals surface area (Å²) < 4.78 is 0. The van der Waals surface area contributed by atoms with Gasteiger partial charge in [0.25, 0.3) is 5.91 Å². The number of carbonyl (C=O) groups excluding carboxylic acids is 1. The van der Waals surface area contributed by atoms with Crippen molar-refractivity contribution in [2.45, 2.75) is 33.6 Å². The highest BCUT2D eigenvalue weighted by atomic mass is 16.6. The van der Waals surface area contributed by atoms with E-state index in [4.69, 9.17) is 10.1 Å². The van der Waals surface area contributed by atoms with Gasteiger partial charge in [0.15, 0.2) is 0 Å². The van der Waals surface area contributed by atoms with Gasteiger partial charge in [0, 0.05) is 0 Å². The van der Waals surface area contributed by atoms with E-state index in [0.29, 0.717) is 18.9 Å². The zero-order valence-corrected chi connectivity index (χ0v) is 9.04. The maximum atomic E-state index is 11.3. The monoisotopic (exact) mass is 198 g/mol. The first-order chi connectivity index (χ1) is 6.61. The maximum Gasteiger partial charge on any atom is 0.260 e. The summed E-state index contributed by atoms with van der Waals surface area (Å²) >= 11 is 0. The van der Waals surface area contributed by atoms with Crippen molar-refractivity contribution in [1.29, 1.82) is 5.26 Å². The van der Waals surface area contributed by atoms with Crippen LogP contribution in [0, 0.1) is 23.2 Å². The molecule has 0 saturated heterocycles. The van der Waals surface area contributed by atoms with Gasteiger partial charge in [-0.05, 0) is 12.3 Å². The smallest absolute Gasteiger partial charge is 0.260 e. The van der Waals surface area contributed by atoms with Crippen LogP contribution in [0.5, 0.6) is 0 Å². The van der Waals surface area contributed by atoms with Gasteiger partial charge in [-0.3, -0.25) is 9.63 Å². The first kappa shape index (κ1) is 12.9. The molecule has 1 unspecified atom stereocenters. The fraction of sp³-hybridized carbons (Fsp3) is 0.800. The second-order valence-electron chi connectivity index (χ2n) is 3.64. The number of hydrogen-bond donors (Lipinski definition) is 1. The minimum Gasteiger partial charge on any atom is -0.273 e. The Morgan fingerprint density at radius 1 is 1.57 bits per heavy atom. The zero-order valence-electron chi connectivity index (χ0n) is 9.04. The molecule has 1 amide bonds. The molecule has 0 fully saturated rings. The SMILES string of the molecule is CCCC(C#N)C(=O)NOCC(C)C. The third-order valence-electron chi connectivity index (χ3n) is 1.64. The fourth-order valence-corrected chi connectivity index (χ4v) is 0.894. The van der Waals surface area contributed by atoms with Gasteiger partial charge in [0.05, 0.1) is 12.7 Å². The summed E-state index contributed by atoms with van der Waals surface area (Å²) in [6.07, 6.45) is 1.39. The fourth-order valence-electron chi connectivity index (χ4n) is 0.894. The molecule has 0 aromatic heterocycles. The van der Waals surface area contributed by atoms with E-state index >= 15 is 0 Å². The summed E-state index contributed by atoms with van der Waals surface area (Å²) in [5.41, 5.74) is 2.29. The van der Waals surface area contributed by atoms with Crippen molar-refractivity contribution in [3.63, 3.8) is 0 Å². The molecule has 14 heavy (non-hydrogen) atoms. The molecule has 0 aliphatic carbocycles. The molecular weight excluding hydrogens is 180 g/mol. The molecule has 0 aliphatic rings. The van der Waals surface area contributed by atoms with Crippen LogP contribution in [-0.4, -0.2) is 12.5 Å². The summed E-state index contributed by atoms with van der Waals surface area (Å²) in [6.45, 7) is 6.38. The second-order valence-corrected chi connectivity index (χ2v) is 3.64. The lowest BCUT2D eigenvalue weighted by Crippen LogP contribution is -2.31. The number of hydrogen-bond acceptors (Lipinski definition) is 3. The van der Waals surface area contributed by atoms with Crippen LogP contribution >= 0.6 is 0 Å². The molecule has 80 valence electrons. The number of hydroxylamine groups is 1. The van der Waals surface area contributed by atoms with Crippen molar-refractivity contribution in [2.75, 3.05) is 6.61 Å². The van der Waals surface area contributed by atoms with E-state index < -0.39 is 5.92 Å². The Morgan fingerprint density at radius 3 is 2.64 bits per heavy atom. The lowest BCUT2D eigenvalue weighted by Gasteiger charge is -2.10. The largest absolute Gasteiger partial charge is 0.273 e. The normalized spacial score (nSPS) is 12.2. The quantitative estimate of drug-likeness (QED) is 0.660. The van der Waals surface area contributed by atoms with E-state index in [1.807, 2.05) is 26.8 Å². The van der Waals surface area contributed by atoms with Crippen LogP contribution in [0.4, 0.5) is 0 Å². The van der Waals surface area contributed by atoms with Crippen LogP contribution in [0.25, 0.3) is 0 Å². The molecule has 0 aromatic rings. The average Bonchev–Trinajstić information content (AvgIpc) is 2.13. The van der Waals surface area contributed by atoms with Gasteiger partial charge in [-0.2, -0.15) is 5.26 Å². The molecule has 0 saturated carbocycles. The Morgan fingerprint density at radius 2 is 2.21 bits per heavy atom. The summed E-state index contributed by atoms with van der Waals surface area (Å²) in [6, 6.07) is 1.95. The second kappa shape index (κ2) is 7.34. The van der Waals surface area contributed by atoms with Gasteiger partial charge in [0.2, 0.25) is 0 Å². The van der Waals surface area contributed by atoms with Crippen LogP contribution in [0.2, 0.25) is 0 Å². The van der Waals surface area contributed by atoms with Crippen LogP contribution in [0.15, 0.2) is 0 Å². The Hall–Kier alpha value is -1.08. The minimum absolute atomic E-state index is 0.338. The lowest BCUT2D eigenvalue weighted by molar-refractivity contribution is -0.137. The molecule has 4 heteroatoms. The number of nitrogens with zero attached hydrogens (tertiary/aromatic N) is 1. The molecule has 0 heterocycles. The highest BCUT2D eigenvalue weighted by Crippen LogP contribution is 2.04. The standard InChI is InChI=1S/C10H18N2O2/c1-4-5-9(6-11)10(13)12-14-7-8(2)3/h8-9H,4-5,7H2,1-3H3,(H,12,13). The van der Waals surface area contributed by atoms with E-state index in [9.17, 15) is 4.79 Å². The molecule has 0 aliphatic heterocycles. The molecule has 0 aromatic carbocycles. The van der Waals surface area contributed by atoms with Crippen molar-refractivity contribution < 1.29 is 9.63 Å². The molecule has 0 spiro atoms. The Kier molecular flexibility index (Phi) is 6.77.